The zero-order chi connectivity index (χ0) is 18.0. The first kappa shape index (κ1) is 15.1. The van der Waals surface area contributed by atoms with Crippen LogP contribution in [0.3, 0.4) is 0 Å². The number of hydrogen-bond donors (Lipinski definition) is 0. The monoisotopic (exact) mass is 345 g/mol. The molecular formula is C25H20BN. The smallest absolute Gasteiger partial charge is 0.222 e. The highest BCUT2D eigenvalue weighted by molar-refractivity contribution is 6.92. The molecule has 27 heavy (non-hydrogen) atoms. The lowest BCUT2D eigenvalue weighted by molar-refractivity contribution is 0.765. The first-order valence-corrected chi connectivity index (χ1v) is 9.76. The summed E-state index contributed by atoms with van der Waals surface area (Å²) in [4.78, 5) is 2.57. The second-order valence-corrected chi connectivity index (χ2v) is 7.80. The minimum Gasteiger partial charge on any atom is -0.335 e. The van der Waals surface area contributed by atoms with Crippen LogP contribution >= 0.6 is 0 Å². The van der Waals surface area contributed by atoms with Crippen molar-refractivity contribution in [3.8, 4) is 11.1 Å². The Labute approximate surface area is 160 Å². The third kappa shape index (κ3) is 1.96. The van der Waals surface area contributed by atoms with E-state index in [4.69, 9.17) is 0 Å². The first-order valence-electron chi connectivity index (χ1n) is 9.76. The minimum absolute atomic E-state index is 0.343. The molecule has 0 aromatic heterocycles. The molecule has 2 atom stereocenters. The number of nitrogens with zero attached hydrogens (tertiary/aromatic N) is 1. The largest absolute Gasteiger partial charge is 0.335 e. The molecule has 1 unspecified atom stereocenters. The number of fused-ring (bicyclic) bond motifs is 5. The molecule has 0 spiro atoms. The van der Waals surface area contributed by atoms with Gasteiger partial charge >= 0.3 is 0 Å². The fraction of sp³-hybridized carbons (Fsp3) is 0.120. The maximum Gasteiger partial charge on any atom is 0.222 e. The van der Waals surface area contributed by atoms with Crippen molar-refractivity contribution < 1.29 is 0 Å². The number of allylic oxidation sites excluding steroid dienone is 2. The lowest BCUT2D eigenvalue weighted by Crippen LogP contribution is -2.56. The molecule has 3 aliphatic rings. The van der Waals surface area contributed by atoms with Gasteiger partial charge in [-0.05, 0) is 47.0 Å². The third-order valence-electron chi connectivity index (χ3n) is 6.42. The second kappa shape index (κ2) is 5.50. The standard InChI is InChI=1S/C25H20BN/c1-17-15-16-20-19-11-5-6-12-21(19)26-22-13-7-8-14-23(22)27(25(17)24(20)26)18-9-3-2-4-10-18/h2-16,22-23H,1H3/t22?,23-/m1/s1. The quantitative estimate of drug-likeness (QED) is 0.583. The van der Waals surface area contributed by atoms with Gasteiger partial charge in [0.05, 0.1) is 6.04 Å². The van der Waals surface area contributed by atoms with Crippen LogP contribution < -0.4 is 15.8 Å². The zero-order valence-electron chi connectivity index (χ0n) is 15.3. The van der Waals surface area contributed by atoms with E-state index >= 15 is 0 Å². The molecule has 1 aliphatic carbocycles. The van der Waals surface area contributed by atoms with Crippen molar-refractivity contribution >= 4 is 29.0 Å². The molecule has 2 heterocycles. The van der Waals surface area contributed by atoms with Crippen molar-refractivity contribution in [3.05, 3.63) is 96.6 Å². The van der Waals surface area contributed by atoms with Crippen LogP contribution in [0, 0.1) is 6.92 Å². The Morgan fingerprint density at radius 2 is 1.56 bits per heavy atom. The van der Waals surface area contributed by atoms with Crippen LogP contribution in [0.25, 0.3) is 11.1 Å². The van der Waals surface area contributed by atoms with Gasteiger partial charge in [-0.2, -0.15) is 0 Å². The van der Waals surface area contributed by atoms with Gasteiger partial charge < -0.3 is 4.90 Å². The van der Waals surface area contributed by atoms with Crippen LogP contribution in [0.4, 0.5) is 11.4 Å². The topological polar surface area (TPSA) is 3.24 Å². The maximum atomic E-state index is 2.57. The van der Waals surface area contributed by atoms with Crippen molar-refractivity contribution in [2.24, 2.45) is 0 Å². The highest BCUT2D eigenvalue weighted by Crippen LogP contribution is 2.45. The van der Waals surface area contributed by atoms with Crippen molar-refractivity contribution in [3.63, 3.8) is 0 Å². The summed E-state index contributed by atoms with van der Waals surface area (Å²) >= 11 is 0. The first-order chi connectivity index (χ1) is 13.3. The van der Waals surface area contributed by atoms with E-state index in [1.54, 1.807) is 0 Å². The van der Waals surface area contributed by atoms with E-state index < -0.39 is 0 Å². The van der Waals surface area contributed by atoms with Crippen LogP contribution in [0.5, 0.6) is 0 Å². The minimum atomic E-state index is 0.343. The average molecular weight is 345 g/mol. The molecule has 3 aromatic carbocycles. The second-order valence-electron chi connectivity index (χ2n) is 7.80. The predicted molar refractivity (Wildman–Crippen MR) is 116 cm³/mol. The van der Waals surface area contributed by atoms with Gasteiger partial charge in [0.15, 0.2) is 0 Å². The molecule has 3 aromatic rings. The Bertz CT molecular complexity index is 1110. The normalized spacial score (nSPS) is 21.1. The highest BCUT2D eigenvalue weighted by Gasteiger charge is 2.48. The molecule has 0 radical (unpaired) electrons. The summed E-state index contributed by atoms with van der Waals surface area (Å²) in [6.07, 6.45) is 9.24. The lowest BCUT2D eigenvalue weighted by atomic mass is 9.32. The van der Waals surface area contributed by atoms with E-state index in [-0.39, 0.29) is 0 Å². The van der Waals surface area contributed by atoms with E-state index in [1.165, 1.54) is 39.0 Å². The lowest BCUT2D eigenvalue weighted by Gasteiger charge is -2.45. The van der Waals surface area contributed by atoms with Gasteiger partial charge in [0.25, 0.3) is 0 Å². The van der Waals surface area contributed by atoms with Gasteiger partial charge in [0, 0.05) is 11.4 Å². The SMILES string of the molecule is Cc1ccc2c3c1N(c1ccccc1)[C@@H]1C=CC=CC1B3c1ccccc1-2. The number of aryl methyl sites for hydroxylation is 1. The fourth-order valence-electron chi connectivity index (χ4n) is 5.37. The molecule has 0 amide bonds. The van der Waals surface area contributed by atoms with Crippen LogP contribution in [0.15, 0.2) is 91.0 Å². The van der Waals surface area contributed by atoms with E-state index in [1.807, 2.05) is 0 Å². The molecule has 128 valence electrons. The molecule has 2 aliphatic heterocycles. The maximum absolute atomic E-state index is 2.57. The number of hydrogen-bond acceptors (Lipinski definition) is 1. The average Bonchev–Trinajstić information content (AvgIpc) is 3.06. The number of benzene rings is 3. The van der Waals surface area contributed by atoms with Gasteiger partial charge in [-0.3, -0.25) is 0 Å². The highest BCUT2D eigenvalue weighted by atomic mass is 15.2. The van der Waals surface area contributed by atoms with Crippen LogP contribution in [0.2, 0.25) is 5.82 Å². The molecule has 1 nitrogen and oxygen atoms in total. The Morgan fingerprint density at radius 3 is 2.44 bits per heavy atom. The molecule has 6 rings (SSSR count). The molecular weight excluding hydrogens is 325 g/mol. The number of anilines is 2. The van der Waals surface area contributed by atoms with Gasteiger partial charge in [0.2, 0.25) is 6.71 Å². The van der Waals surface area contributed by atoms with Crippen LogP contribution in [-0.4, -0.2) is 12.8 Å². The Hall–Kier alpha value is -3.00. The van der Waals surface area contributed by atoms with Crippen LogP contribution in [0.1, 0.15) is 5.56 Å². The van der Waals surface area contributed by atoms with Gasteiger partial charge in [-0.15, -0.1) is 0 Å². The van der Waals surface area contributed by atoms with Crippen molar-refractivity contribution in [2.75, 3.05) is 4.90 Å². The van der Waals surface area contributed by atoms with Gasteiger partial charge in [-0.1, -0.05) is 84.4 Å². The predicted octanol–water partition coefficient (Wildman–Crippen LogP) is 4.60. The molecule has 0 saturated carbocycles. The van der Waals surface area contributed by atoms with E-state index in [2.05, 4.69) is 103 Å². The van der Waals surface area contributed by atoms with Crippen molar-refractivity contribution in [2.45, 2.75) is 18.8 Å². The fourth-order valence-corrected chi connectivity index (χ4v) is 5.37. The summed E-state index contributed by atoms with van der Waals surface area (Å²) in [6, 6.07) is 24.8. The zero-order valence-corrected chi connectivity index (χ0v) is 15.3. The van der Waals surface area contributed by atoms with E-state index in [0.29, 0.717) is 18.6 Å². The summed E-state index contributed by atoms with van der Waals surface area (Å²) in [6.45, 7) is 2.70. The Morgan fingerprint density at radius 1 is 0.778 bits per heavy atom. The number of para-hydroxylation sites is 1. The molecule has 0 N–H and O–H groups in total. The summed E-state index contributed by atoms with van der Waals surface area (Å²) in [5, 5.41) is 0. The molecule has 0 saturated heterocycles. The summed E-state index contributed by atoms with van der Waals surface area (Å²) in [7, 11) is 0. The van der Waals surface area contributed by atoms with Gasteiger partial charge in [-0.25, -0.2) is 0 Å². The van der Waals surface area contributed by atoms with E-state index in [9.17, 15) is 0 Å². The van der Waals surface area contributed by atoms with Crippen LogP contribution in [-0.2, 0) is 0 Å². The third-order valence-corrected chi connectivity index (χ3v) is 6.42. The molecule has 2 heteroatoms. The number of rotatable bonds is 1. The Balaban J connectivity index is 1.71. The summed E-state index contributed by atoms with van der Waals surface area (Å²) in [5.74, 6) is 0.451. The summed E-state index contributed by atoms with van der Waals surface area (Å²) in [5.41, 5.74) is 9.87. The molecule has 0 fully saturated rings. The van der Waals surface area contributed by atoms with Crippen molar-refractivity contribution in [1.82, 2.24) is 0 Å². The molecule has 0 bridgehead atoms. The Kier molecular flexibility index (Phi) is 3.08. The van der Waals surface area contributed by atoms with E-state index in [0.717, 1.165) is 0 Å². The summed E-state index contributed by atoms with van der Waals surface area (Å²) < 4.78 is 0. The van der Waals surface area contributed by atoms with Gasteiger partial charge in [0.1, 0.15) is 0 Å². The van der Waals surface area contributed by atoms with Crippen molar-refractivity contribution in [1.29, 1.82) is 0 Å².